The van der Waals surface area contributed by atoms with Crippen molar-refractivity contribution in [1.29, 1.82) is 0 Å². The molecule has 2 aromatic heterocycles. The predicted molar refractivity (Wildman–Crippen MR) is 126 cm³/mol. The Hall–Kier alpha value is -2.29. The van der Waals surface area contributed by atoms with Crippen molar-refractivity contribution in [2.24, 2.45) is 10.7 Å². The van der Waals surface area contributed by atoms with E-state index < -0.39 is 24.3 Å². The molecule has 0 saturated heterocycles. The maximum atomic E-state index is 12.6. The van der Waals surface area contributed by atoms with Gasteiger partial charge in [-0.1, -0.05) is 38.9 Å². The van der Waals surface area contributed by atoms with Crippen molar-refractivity contribution in [1.82, 2.24) is 9.36 Å². The number of hydrogen-bond donors (Lipinski definition) is 6. The van der Waals surface area contributed by atoms with Crippen LogP contribution in [0.15, 0.2) is 32.6 Å². The zero-order valence-electron chi connectivity index (χ0n) is 15.8. The second-order valence-electron chi connectivity index (χ2n) is 6.05. The third kappa shape index (κ3) is 5.31. The minimum absolute atomic E-state index is 0.00440. The van der Waals surface area contributed by atoms with E-state index in [2.05, 4.69) is 40.9 Å². The van der Waals surface area contributed by atoms with Crippen LogP contribution < -0.4 is 21.9 Å². The van der Waals surface area contributed by atoms with Crippen LogP contribution in [-0.2, 0) is 0 Å². The number of aliphatic imine (C=N–C) groups is 1. The summed E-state index contributed by atoms with van der Waals surface area (Å²) >= 11 is 11.6. The third-order valence-electron chi connectivity index (χ3n) is 3.94. The molecule has 0 bridgehead atoms. The average Bonchev–Trinajstić information content (AvgIpc) is 3.35. The normalized spacial score (nSPS) is 12.6. The maximum Gasteiger partial charge on any atom is 0.271 e. The Balaban J connectivity index is 1.80. The zero-order valence-corrected chi connectivity index (χ0v) is 19.7. The van der Waals surface area contributed by atoms with Crippen molar-refractivity contribution in [3.63, 3.8) is 0 Å². The quantitative estimate of drug-likeness (QED) is 0.195. The first kappa shape index (κ1) is 23.4. The van der Waals surface area contributed by atoms with Crippen molar-refractivity contribution in [2.45, 2.75) is 13.2 Å². The highest BCUT2D eigenvalue weighted by Crippen LogP contribution is 2.32. The number of amides is 1. The van der Waals surface area contributed by atoms with Gasteiger partial charge in [0.15, 0.2) is 11.4 Å². The summed E-state index contributed by atoms with van der Waals surface area (Å²) in [6.45, 7) is 1.18. The summed E-state index contributed by atoms with van der Waals surface area (Å²) in [6, 6.07) is 3.46. The summed E-state index contributed by atoms with van der Waals surface area (Å²) in [6.07, 6.45) is -0.0679. The number of carbonyl (C=O) groups excluding carboxylic acids is 1. The molecule has 1 amide bonds. The molecule has 0 saturated carbocycles. The van der Waals surface area contributed by atoms with Crippen LogP contribution in [-0.4, -0.2) is 44.1 Å². The van der Waals surface area contributed by atoms with Gasteiger partial charge in [-0.2, -0.15) is 0 Å². The van der Waals surface area contributed by atoms with E-state index in [0.29, 0.717) is 25.7 Å². The monoisotopic (exact) mass is 546 g/mol. The van der Waals surface area contributed by atoms with Crippen LogP contribution in [0.3, 0.4) is 0 Å². The molecule has 0 radical (unpaired) electrons. The number of aromatic nitrogens is 2. The van der Waals surface area contributed by atoms with Gasteiger partial charge in [0.1, 0.15) is 21.3 Å². The molecular formula is C17H16BrClN6O4S2. The van der Waals surface area contributed by atoms with Crippen LogP contribution in [0.4, 0.5) is 15.8 Å². The highest BCUT2D eigenvalue weighted by molar-refractivity contribution is 9.10. The van der Waals surface area contributed by atoms with E-state index >= 15 is 0 Å². The van der Waals surface area contributed by atoms with Crippen LogP contribution >= 0.6 is 50.4 Å². The van der Waals surface area contributed by atoms with E-state index in [0.717, 1.165) is 32.9 Å². The first-order valence-electron chi connectivity index (χ1n) is 8.54. The van der Waals surface area contributed by atoms with Crippen molar-refractivity contribution >= 4 is 78.0 Å². The Morgan fingerprint density at radius 3 is 2.94 bits per heavy atom. The summed E-state index contributed by atoms with van der Waals surface area (Å²) in [7, 11) is 0. The van der Waals surface area contributed by atoms with Crippen molar-refractivity contribution in [2.75, 3.05) is 17.2 Å². The smallest absolute Gasteiger partial charge is 0.271 e. The minimum Gasteiger partial charge on any atom is -0.392 e. The predicted octanol–water partition coefficient (Wildman–Crippen LogP) is 2.63. The molecule has 10 nitrogen and oxygen atoms in total. The van der Waals surface area contributed by atoms with E-state index in [1.165, 1.54) is 6.20 Å². The Kier molecular flexibility index (Phi) is 7.46. The van der Waals surface area contributed by atoms with Crippen LogP contribution in [0, 0.1) is 6.92 Å². The van der Waals surface area contributed by atoms with Crippen molar-refractivity contribution < 1.29 is 15.0 Å². The number of halogens is 2. The molecule has 3 aromatic rings. The molecule has 0 aliphatic carbocycles. The van der Waals surface area contributed by atoms with Gasteiger partial charge in [0.25, 0.3) is 11.5 Å². The van der Waals surface area contributed by atoms with Gasteiger partial charge in [-0.15, -0.1) is 0 Å². The number of benzene rings is 1. The summed E-state index contributed by atoms with van der Waals surface area (Å²) in [4.78, 5) is 32.8. The molecule has 3 rings (SSSR count). The average molecular weight is 548 g/mol. The molecule has 7 N–H and O–H groups in total. The number of nitrogens with one attached hydrogen (secondary N) is 3. The van der Waals surface area contributed by atoms with Crippen LogP contribution in [0.1, 0.15) is 20.8 Å². The Bertz CT molecular complexity index is 1210. The molecule has 0 aliphatic heterocycles. The molecule has 2 heterocycles. The number of hydrogen-bond acceptors (Lipinski definition) is 9. The van der Waals surface area contributed by atoms with Gasteiger partial charge in [-0.25, -0.2) is 9.98 Å². The van der Waals surface area contributed by atoms with Crippen LogP contribution in [0.2, 0.25) is 5.02 Å². The van der Waals surface area contributed by atoms with E-state index in [1.54, 1.807) is 12.1 Å². The third-order valence-corrected chi connectivity index (χ3v) is 6.83. The highest BCUT2D eigenvalue weighted by atomic mass is 79.9. The van der Waals surface area contributed by atoms with Gasteiger partial charge in [-0.3, -0.25) is 14.0 Å². The number of anilines is 3. The molecule has 31 heavy (non-hydrogen) atoms. The number of thiazole rings is 1. The Morgan fingerprint density at radius 1 is 1.48 bits per heavy atom. The number of amidine groups is 1. The number of aliphatic hydroxyl groups excluding tert-OH is 2. The van der Waals surface area contributed by atoms with Gasteiger partial charge in [-0.05, 0) is 36.2 Å². The number of carbonyl (C=O) groups is 1. The molecule has 1 aromatic carbocycles. The fraction of sp³-hybridized carbons (Fsp3) is 0.176. The Labute approximate surface area is 197 Å². The SMILES string of the molecule is Cc1c(Br)ccc(Cl)c1NC(=O)c1cnc(Nc2s[nH]c(=O)c2/C(N)=N/C(O)CO)s1. The number of nitrogens with zero attached hydrogens (tertiary/aromatic N) is 2. The minimum atomic E-state index is -1.45. The fourth-order valence-corrected chi connectivity index (χ4v) is 4.51. The molecule has 1 unspecified atom stereocenters. The fourth-order valence-electron chi connectivity index (χ4n) is 2.40. The van der Waals surface area contributed by atoms with E-state index in [4.69, 9.17) is 22.4 Å². The number of rotatable bonds is 7. The zero-order chi connectivity index (χ0) is 22.7. The summed E-state index contributed by atoms with van der Waals surface area (Å²) in [5, 5.41) is 25.0. The molecule has 14 heteroatoms. The van der Waals surface area contributed by atoms with Crippen molar-refractivity contribution in [3.8, 4) is 0 Å². The van der Waals surface area contributed by atoms with Crippen LogP contribution in [0.5, 0.6) is 0 Å². The van der Waals surface area contributed by atoms with Gasteiger partial charge < -0.3 is 26.6 Å². The summed E-state index contributed by atoms with van der Waals surface area (Å²) < 4.78 is 3.31. The molecule has 0 aliphatic rings. The second-order valence-corrected chi connectivity index (χ2v) is 9.16. The lowest BCUT2D eigenvalue weighted by Gasteiger charge is -2.10. The lowest BCUT2D eigenvalue weighted by Crippen LogP contribution is -2.25. The number of nitrogens with two attached hydrogens (primary N) is 1. The lowest BCUT2D eigenvalue weighted by molar-refractivity contribution is 0.102. The molecule has 0 spiro atoms. The van der Waals surface area contributed by atoms with Crippen molar-refractivity contribution in [3.05, 3.63) is 54.2 Å². The first-order chi connectivity index (χ1) is 14.7. The van der Waals surface area contributed by atoms with Gasteiger partial charge in [0, 0.05) is 4.47 Å². The standard InChI is InChI=1S/C17H16BrClN6O4S2/c1-6-7(18)2-3-8(19)12(6)23-14(28)9-4-21-17(30-9)24-16-11(15(29)25-31-16)13(20)22-10(27)5-26/h2-4,10,26-27H,5H2,1H3,(H2,20,22)(H,21,24)(H,23,28)(H,25,29). The molecular weight excluding hydrogens is 532 g/mol. The van der Waals surface area contributed by atoms with Gasteiger partial charge in [0.2, 0.25) is 0 Å². The number of aliphatic hydroxyl groups is 2. The second kappa shape index (κ2) is 9.89. The Morgan fingerprint density at radius 2 is 2.23 bits per heavy atom. The number of aromatic amines is 1. The van der Waals surface area contributed by atoms with Gasteiger partial charge >= 0.3 is 0 Å². The maximum absolute atomic E-state index is 12.6. The molecule has 1 atom stereocenters. The van der Waals surface area contributed by atoms with E-state index in [9.17, 15) is 14.7 Å². The van der Waals surface area contributed by atoms with Gasteiger partial charge in [0.05, 0.1) is 23.5 Å². The first-order valence-corrected chi connectivity index (χ1v) is 11.3. The molecule has 0 fully saturated rings. The topological polar surface area (TPSA) is 166 Å². The van der Waals surface area contributed by atoms with E-state index in [-0.39, 0.29) is 11.4 Å². The lowest BCUT2D eigenvalue weighted by atomic mass is 10.2. The highest BCUT2D eigenvalue weighted by Gasteiger charge is 2.19. The van der Waals surface area contributed by atoms with E-state index in [1.807, 2.05) is 6.92 Å². The summed E-state index contributed by atoms with van der Waals surface area (Å²) in [5.41, 5.74) is 6.52. The largest absolute Gasteiger partial charge is 0.392 e. The summed E-state index contributed by atoms with van der Waals surface area (Å²) in [5.74, 6) is -0.649. The number of H-pyrrole nitrogens is 1. The van der Waals surface area contributed by atoms with Crippen LogP contribution in [0.25, 0.3) is 0 Å². The molecule has 164 valence electrons.